The quantitative estimate of drug-likeness (QED) is 0.358. The fourth-order valence-electron chi connectivity index (χ4n) is 3.13. The molecule has 0 fully saturated rings. The molecule has 0 spiro atoms. The van der Waals surface area contributed by atoms with Crippen LogP contribution in [-0.2, 0) is 6.42 Å². The Balaban J connectivity index is 1.66. The van der Waals surface area contributed by atoms with Crippen molar-refractivity contribution in [3.8, 4) is 16.3 Å². The second-order valence-corrected chi connectivity index (χ2v) is 7.65. The van der Waals surface area contributed by atoms with Gasteiger partial charge in [0.15, 0.2) is 5.82 Å². The highest BCUT2D eigenvalue weighted by atomic mass is 32.1. The number of rotatable bonds is 6. The van der Waals surface area contributed by atoms with Gasteiger partial charge in [-0.05, 0) is 37.3 Å². The van der Waals surface area contributed by atoms with E-state index in [0.717, 1.165) is 16.4 Å². The molecule has 0 saturated carbocycles. The lowest BCUT2D eigenvalue weighted by molar-refractivity contribution is -0.385. The highest BCUT2D eigenvalue weighted by Gasteiger charge is 2.17. The molecular formula is C20H18N6O4S. The van der Waals surface area contributed by atoms with E-state index in [1.165, 1.54) is 36.6 Å². The van der Waals surface area contributed by atoms with Crippen molar-refractivity contribution >= 4 is 33.6 Å². The summed E-state index contributed by atoms with van der Waals surface area (Å²) in [5.74, 6) is 0.848. The normalized spacial score (nSPS) is 10.9. The minimum Gasteiger partial charge on any atom is -0.495 e. The van der Waals surface area contributed by atoms with E-state index in [1.54, 1.807) is 23.6 Å². The van der Waals surface area contributed by atoms with Crippen LogP contribution >= 0.6 is 11.3 Å². The molecule has 2 aromatic carbocycles. The van der Waals surface area contributed by atoms with Gasteiger partial charge in [-0.1, -0.05) is 18.3 Å². The summed E-state index contributed by atoms with van der Waals surface area (Å²) in [5.41, 5.74) is 1.92. The van der Waals surface area contributed by atoms with Crippen molar-refractivity contribution in [1.82, 2.24) is 19.8 Å². The minimum atomic E-state index is -0.478. The number of nitrogens with one attached hydrogen (secondary N) is 1. The van der Waals surface area contributed by atoms with Crippen LogP contribution in [0.5, 0.6) is 5.75 Å². The first-order valence-corrected chi connectivity index (χ1v) is 10.2. The number of nitro benzene ring substituents is 1. The van der Waals surface area contributed by atoms with Gasteiger partial charge in [0.2, 0.25) is 4.96 Å². The Bertz CT molecular complexity index is 1310. The fourth-order valence-corrected chi connectivity index (χ4v) is 3.98. The molecule has 1 N–H and O–H groups in total. The molecule has 31 heavy (non-hydrogen) atoms. The van der Waals surface area contributed by atoms with Crippen molar-refractivity contribution < 1.29 is 14.5 Å². The molecule has 2 heterocycles. The van der Waals surface area contributed by atoms with Crippen molar-refractivity contribution in [3.05, 3.63) is 63.5 Å². The van der Waals surface area contributed by atoms with E-state index in [1.807, 2.05) is 13.0 Å². The van der Waals surface area contributed by atoms with Crippen LogP contribution < -0.4 is 10.1 Å². The Morgan fingerprint density at radius 1 is 1.26 bits per heavy atom. The number of hydrogen-bond donors (Lipinski definition) is 1. The van der Waals surface area contributed by atoms with Crippen LogP contribution in [0.3, 0.4) is 0 Å². The van der Waals surface area contributed by atoms with Gasteiger partial charge in [0.1, 0.15) is 10.8 Å². The predicted molar refractivity (Wildman–Crippen MR) is 116 cm³/mol. The monoisotopic (exact) mass is 438 g/mol. The van der Waals surface area contributed by atoms with Gasteiger partial charge in [0.05, 0.1) is 17.7 Å². The van der Waals surface area contributed by atoms with Gasteiger partial charge >= 0.3 is 0 Å². The lowest BCUT2D eigenvalue weighted by Gasteiger charge is -2.12. The van der Waals surface area contributed by atoms with Crippen molar-refractivity contribution in [2.75, 3.05) is 12.4 Å². The number of anilines is 1. The first-order chi connectivity index (χ1) is 14.9. The number of amides is 1. The van der Waals surface area contributed by atoms with Crippen molar-refractivity contribution in [2.24, 2.45) is 0 Å². The van der Waals surface area contributed by atoms with Gasteiger partial charge in [-0.15, -0.1) is 10.2 Å². The van der Waals surface area contributed by atoms with Gasteiger partial charge < -0.3 is 10.1 Å². The first kappa shape index (κ1) is 20.4. The van der Waals surface area contributed by atoms with E-state index < -0.39 is 10.8 Å². The van der Waals surface area contributed by atoms with E-state index in [0.29, 0.717) is 33.9 Å². The number of methoxy groups -OCH3 is 1. The maximum Gasteiger partial charge on any atom is 0.272 e. The summed E-state index contributed by atoms with van der Waals surface area (Å²) in [6.45, 7) is 3.57. The second kappa shape index (κ2) is 8.11. The van der Waals surface area contributed by atoms with E-state index >= 15 is 0 Å². The lowest BCUT2D eigenvalue weighted by Crippen LogP contribution is -2.13. The van der Waals surface area contributed by atoms with E-state index in [-0.39, 0.29) is 5.69 Å². The Hall–Kier alpha value is -3.86. The minimum absolute atomic E-state index is 0.0363. The molecule has 1 amide bonds. The zero-order chi connectivity index (χ0) is 22.1. The average molecular weight is 438 g/mol. The van der Waals surface area contributed by atoms with Crippen LogP contribution in [0.4, 0.5) is 11.4 Å². The standard InChI is InChI=1S/C20H18N6O4S/c1-4-17-22-23-20-25(17)24-19(31-20)13-6-8-16(30-3)14(10-13)21-18(27)12-5-7-15(26(28)29)11(2)9-12/h5-10H,4H2,1-3H3,(H,21,27). The number of nitro groups is 1. The third-order valence-corrected chi connectivity index (χ3v) is 5.67. The largest absolute Gasteiger partial charge is 0.495 e. The van der Waals surface area contributed by atoms with Gasteiger partial charge in [-0.3, -0.25) is 14.9 Å². The SMILES string of the molecule is CCc1nnc2sc(-c3ccc(OC)c(NC(=O)c4ccc([N+](=O)[O-])c(C)c4)c3)nn12. The van der Waals surface area contributed by atoms with Crippen molar-refractivity contribution in [3.63, 3.8) is 0 Å². The summed E-state index contributed by atoms with van der Waals surface area (Å²) >= 11 is 1.39. The molecule has 0 bridgehead atoms. The molecule has 0 aliphatic carbocycles. The molecule has 0 saturated heterocycles. The average Bonchev–Trinajstić information content (AvgIpc) is 3.34. The van der Waals surface area contributed by atoms with Crippen LogP contribution in [0.15, 0.2) is 36.4 Å². The number of carbonyl (C=O) groups excluding carboxylic acids is 1. The highest BCUT2D eigenvalue weighted by molar-refractivity contribution is 7.19. The van der Waals surface area contributed by atoms with Crippen LogP contribution in [-0.4, -0.2) is 37.8 Å². The number of fused-ring (bicyclic) bond motifs is 1. The second-order valence-electron chi connectivity index (χ2n) is 6.70. The van der Waals surface area contributed by atoms with Gasteiger partial charge in [0.25, 0.3) is 11.6 Å². The lowest BCUT2D eigenvalue weighted by atomic mass is 10.1. The number of nitrogens with zero attached hydrogens (tertiary/aromatic N) is 5. The van der Waals surface area contributed by atoms with Crippen LogP contribution in [0.25, 0.3) is 15.5 Å². The van der Waals surface area contributed by atoms with Crippen molar-refractivity contribution in [1.29, 1.82) is 0 Å². The van der Waals surface area contributed by atoms with E-state index in [2.05, 4.69) is 20.6 Å². The molecule has 0 aliphatic heterocycles. The summed E-state index contributed by atoms with van der Waals surface area (Å²) in [6, 6.07) is 9.59. The number of carbonyl (C=O) groups is 1. The van der Waals surface area contributed by atoms with E-state index in [4.69, 9.17) is 4.74 Å². The molecule has 2 aromatic heterocycles. The molecule has 158 valence electrons. The number of aromatic nitrogens is 4. The molecule has 0 aliphatic rings. The molecule has 11 heteroatoms. The number of aryl methyl sites for hydroxylation is 2. The van der Waals surface area contributed by atoms with Gasteiger partial charge in [-0.2, -0.15) is 9.61 Å². The maximum atomic E-state index is 12.8. The number of hydrogen-bond acceptors (Lipinski definition) is 8. The smallest absolute Gasteiger partial charge is 0.272 e. The van der Waals surface area contributed by atoms with Crippen LogP contribution in [0, 0.1) is 17.0 Å². The summed E-state index contributed by atoms with van der Waals surface area (Å²) in [4.78, 5) is 24.0. The third kappa shape index (κ3) is 3.82. The fraction of sp³-hybridized carbons (Fsp3) is 0.200. The predicted octanol–water partition coefficient (Wildman–Crippen LogP) is 3.89. The zero-order valence-electron chi connectivity index (χ0n) is 16.9. The molecule has 4 aromatic rings. The summed E-state index contributed by atoms with van der Waals surface area (Å²) < 4.78 is 7.09. The summed E-state index contributed by atoms with van der Waals surface area (Å²) in [6.07, 6.45) is 0.711. The molecule has 0 atom stereocenters. The van der Waals surface area contributed by atoms with E-state index in [9.17, 15) is 14.9 Å². The molecule has 10 nitrogen and oxygen atoms in total. The Morgan fingerprint density at radius 3 is 2.74 bits per heavy atom. The van der Waals surface area contributed by atoms with Crippen LogP contribution in [0.1, 0.15) is 28.7 Å². The van der Waals surface area contributed by atoms with Gasteiger partial charge in [0, 0.05) is 29.2 Å². The Morgan fingerprint density at radius 2 is 2.06 bits per heavy atom. The van der Waals surface area contributed by atoms with Crippen LogP contribution in [0.2, 0.25) is 0 Å². The first-order valence-electron chi connectivity index (χ1n) is 9.37. The Labute approximate surface area is 180 Å². The maximum absolute atomic E-state index is 12.8. The Kier molecular flexibility index (Phi) is 5.34. The number of benzene rings is 2. The van der Waals surface area contributed by atoms with Crippen molar-refractivity contribution in [2.45, 2.75) is 20.3 Å². The number of ether oxygens (including phenoxy) is 1. The topological polar surface area (TPSA) is 125 Å². The molecule has 0 radical (unpaired) electrons. The molecule has 4 rings (SSSR count). The van der Waals surface area contributed by atoms with Gasteiger partial charge in [-0.25, -0.2) is 0 Å². The summed E-state index contributed by atoms with van der Waals surface area (Å²) in [7, 11) is 1.51. The third-order valence-electron chi connectivity index (χ3n) is 4.72. The zero-order valence-corrected chi connectivity index (χ0v) is 17.8. The highest BCUT2D eigenvalue weighted by Crippen LogP contribution is 2.33. The summed E-state index contributed by atoms with van der Waals surface area (Å²) in [5, 5.41) is 27.4. The molecular weight excluding hydrogens is 420 g/mol. The molecule has 0 unspecified atom stereocenters.